The van der Waals surface area contributed by atoms with E-state index in [9.17, 15) is 0 Å². The molecular formula is C14H30N2O. The fraction of sp³-hybridized carbons (Fsp3) is 1.00. The molecule has 1 fully saturated rings. The molecule has 3 heteroatoms. The van der Waals surface area contributed by atoms with Crippen molar-refractivity contribution in [3.63, 3.8) is 0 Å². The van der Waals surface area contributed by atoms with Crippen LogP contribution < -0.4 is 5.32 Å². The van der Waals surface area contributed by atoms with Crippen molar-refractivity contribution in [1.82, 2.24) is 10.2 Å². The first-order chi connectivity index (χ1) is 7.93. The minimum Gasteiger partial charge on any atom is -0.380 e. The molecular weight excluding hydrogens is 212 g/mol. The van der Waals surface area contributed by atoms with Crippen molar-refractivity contribution in [3.8, 4) is 0 Å². The third-order valence-electron chi connectivity index (χ3n) is 3.56. The summed E-state index contributed by atoms with van der Waals surface area (Å²) >= 11 is 0. The normalized spacial score (nSPS) is 18.7. The molecule has 1 unspecified atom stereocenters. The highest BCUT2D eigenvalue weighted by Crippen LogP contribution is 2.28. The molecule has 0 spiro atoms. The monoisotopic (exact) mass is 242 g/mol. The van der Waals surface area contributed by atoms with Gasteiger partial charge in [-0.2, -0.15) is 0 Å². The number of nitrogens with one attached hydrogen (secondary N) is 1. The molecule has 0 aromatic rings. The third kappa shape index (κ3) is 6.39. The van der Waals surface area contributed by atoms with Gasteiger partial charge in [0, 0.05) is 25.7 Å². The van der Waals surface area contributed by atoms with E-state index in [1.165, 1.54) is 12.8 Å². The summed E-state index contributed by atoms with van der Waals surface area (Å²) in [4.78, 5) is 2.36. The van der Waals surface area contributed by atoms with Gasteiger partial charge in [-0.25, -0.2) is 0 Å². The lowest BCUT2D eigenvalue weighted by Crippen LogP contribution is -2.46. The van der Waals surface area contributed by atoms with Gasteiger partial charge in [-0.15, -0.1) is 0 Å². The van der Waals surface area contributed by atoms with E-state index >= 15 is 0 Å². The van der Waals surface area contributed by atoms with Gasteiger partial charge in [0.2, 0.25) is 0 Å². The molecule has 0 heterocycles. The molecule has 0 radical (unpaired) electrons. The van der Waals surface area contributed by atoms with Crippen molar-refractivity contribution in [1.29, 1.82) is 0 Å². The molecule has 1 atom stereocenters. The summed E-state index contributed by atoms with van der Waals surface area (Å²) < 4.78 is 5.67. The van der Waals surface area contributed by atoms with E-state index in [0.29, 0.717) is 11.5 Å². The molecule has 102 valence electrons. The van der Waals surface area contributed by atoms with Crippen LogP contribution in [0.3, 0.4) is 0 Å². The predicted octanol–water partition coefficient (Wildman–Crippen LogP) is 1.98. The second kappa shape index (κ2) is 6.72. The summed E-state index contributed by atoms with van der Waals surface area (Å²) in [5, 5.41) is 3.41. The lowest BCUT2D eigenvalue weighted by molar-refractivity contribution is 0.0950. The number of hydrogen-bond donors (Lipinski definition) is 1. The molecule has 1 rings (SSSR count). The van der Waals surface area contributed by atoms with Crippen LogP contribution in [0.2, 0.25) is 0 Å². The SMILES string of the molecule is CNC(CN(C)CCOCC1CC1)C(C)(C)C. The standard InChI is InChI=1S/C14H30N2O/c1-14(2,3)13(15-4)10-16(5)8-9-17-11-12-6-7-12/h12-13,15H,6-11H2,1-5H3. The number of rotatable bonds is 8. The zero-order valence-corrected chi connectivity index (χ0v) is 12.3. The van der Waals surface area contributed by atoms with E-state index in [2.05, 4.69) is 38.0 Å². The minimum atomic E-state index is 0.303. The Bertz CT molecular complexity index is 209. The Balaban J connectivity index is 2.10. The summed E-state index contributed by atoms with van der Waals surface area (Å²) in [5.74, 6) is 0.875. The van der Waals surface area contributed by atoms with Crippen LogP contribution >= 0.6 is 0 Å². The first-order valence-corrected chi connectivity index (χ1v) is 6.87. The number of likely N-dealkylation sites (N-methyl/N-ethyl adjacent to an activating group) is 2. The smallest absolute Gasteiger partial charge is 0.0593 e. The molecule has 0 aliphatic heterocycles. The Morgan fingerprint density at radius 1 is 1.35 bits per heavy atom. The van der Waals surface area contributed by atoms with Crippen molar-refractivity contribution in [2.45, 2.75) is 39.7 Å². The van der Waals surface area contributed by atoms with Crippen LogP contribution in [0.25, 0.3) is 0 Å². The van der Waals surface area contributed by atoms with E-state index in [0.717, 1.165) is 32.2 Å². The molecule has 1 aliphatic carbocycles. The van der Waals surface area contributed by atoms with E-state index < -0.39 is 0 Å². The van der Waals surface area contributed by atoms with E-state index in [4.69, 9.17) is 4.74 Å². The van der Waals surface area contributed by atoms with Gasteiger partial charge >= 0.3 is 0 Å². The topological polar surface area (TPSA) is 24.5 Å². The molecule has 0 saturated heterocycles. The second-order valence-corrected chi connectivity index (χ2v) is 6.49. The van der Waals surface area contributed by atoms with Crippen LogP contribution in [-0.4, -0.2) is 51.3 Å². The Hall–Kier alpha value is -0.120. The molecule has 1 saturated carbocycles. The highest BCUT2D eigenvalue weighted by Gasteiger charge is 2.24. The molecule has 0 aromatic carbocycles. The maximum absolute atomic E-state index is 5.67. The molecule has 0 aromatic heterocycles. The largest absolute Gasteiger partial charge is 0.380 e. The minimum absolute atomic E-state index is 0.303. The number of ether oxygens (including phenoxy) is 1. The summed E-state index contributed by atoms with van der Waals surface area (Å²) in [7, 11) is 4.23. The highest BCUT2D eigenvalue weighted by atomic mass is 16.5. The van der Waals surface area contributed by atoms with E-state index in [-0.39, 0.29) is 0 Å². The first-order valence-electron chi connectivity index (χ1n) is 6.87. The van der Waals surface area contributed by atoms with Crippen molar-refractivity contribution < 1.29 is 4.74 Å². The van der Waals surface area contributed by atoms with Crippen LogP contribution in [0.4, 0.5) is 0 Å². The van der Waals surface area contributed by atoms with Crippen molar-refractivity contribution in [3.05, 3.63) is 0 Å². The van der Waals surface area contributed by atoms with Crippen LogP contribution in [-0.2, 0) is 4.74 Å². The van der Waals surface area contributed by atoms with Gasteiger partial charge in [-0.3, -0.25) is 0 Å². The number of nitrogens with zero attached hydrogens (tertiary/aromatic N) is 1. The zero-order chi connectivity index (χ0) is 12.9. The van der Waals surface area contributed by atoms with Crippen LogP contribution in [0, 0.1) is 11.3 Å². The molecule has 3 nitrogen and oxygen atoms in total. The van der Waals surface area contributed by atoms with Crippen LogP contribution in [0.1, 0.15) is 33.6 Å². The maximum atomic E-state index is 5.67. The maximum Gasteiger partial charge on any atom is 0.0593 e. The summed E-state index contributed by atoms with van der Waals surface area (Å²) in [6.07, 6.45) is 2.75. The highest BCUT2D eigenvalue weighted by molar-refractivity contribution is 4.81. The van der Waals surface area contributed by atoms with Crippen LogP contribution in [0.15, 0.2) is 0 Å². The Kier molecular flexibility index (Phi) is 5.90. The van der Waals surface area contributed by atoms with Gasteiger partial charge in [-0.05, 0) is 38.3 Å². The van der Waals surface area contributed by atoms with E-state index in [1.807, 2.05) is 7.05 Å². The van der Waals surface area contributed by atoms with E-state index in [1.54, 1.807) is 0 Å². The van der Waals surface area contributed by atoms with Gasteiger partial charge in [0.1, 0.15) is 0 Å². The summed E-state index contributed by atoms with van der Waals surface area (Å²) in [5.41, 5.74) is 0.303. The van der Waals surface area contributed by atoms with Gasteiger partial charge in [0.15, 0.2) is 0 Å². The Morgan fingerprint density at radius 2 is 2.00 bits per heavy atom. The molecule has 1 N–H and O–H groups in total. The van der Waals surface area contributed by atoms with Gasteiger partial charge in [-0.1, -0.05) is 20.8 Å². The Labute approximate surface area is 107 Å². The van der Waals surface area contributed by atoms with Crippen molar-refractivity contribution in [2.24, 2.45) is 11.3 Å². The Morgan fingerprint density at radius 3 is 2.47 bits per heavy atom. The summed E-state index contributed by atoms with van der Waals surface area (Å²) in [6, 6.07) is 0.524. The number of hydrogen-bond acceptors (Lipinski definition) is 3. The third-order valence-corrected chi connectivity index (χ3v) is 3.56. The average molecular weight is 242 g/mol. The lowest BCUT2D eigenvalue weighted by atomic mass is 9.86. The fourth-order valence-corrected chi connectivity index (χ4v) is 1.96. The zero-order valence-electron chi connectivity index (χ0n) is 12.3. The second-order valence-electron chi connectivity index (χ2n) is 6.49. The van der Waals surface area contributed by atoms with Crippen LogP contribution in [0.5, 0.6) is 0 Å². The van der Waals surface area contributed by atoms with Crippen molar-refractivity contribution in [2.75, 3.05) is 40.4 Å². The first kappa shape index (κ1) is 14.9. The average Bonchev–Trinajstić information content (AvgIpc) is 3.03. The fourth-order valence-electron chi connectivity index (χ4n) is 1.96. The predicted molar refractivity (Wildman–Crippen MR) is 73.3 cm³/mol. The molecule has 17 heavy (non-hydrogen) atoms. The van der Waals surface area contributed by atoms with Crippen molar-refractivity contribution >= 4 is 0 Å². The quantitative estimate of drug-likeness (QED) is 0.659. The molecule has 0 bridgehead atoms. The van der Waals surface area contributed by atoms with Gasteiger partial charge in [0.05, 0.1) is 6.61 Å². The summed E-state index contributed by atoms with van der Waals surface area (Å²) in [6.45, 7) is 10.8. The lowest BCUT2D eigenvalue weighted by Gasteiger charge is -2.33. The van der Waals surface area contributed by atoms with Gasteiger partial charge in [0.25, 0.3) is 0 Å². The van der Waals surface area contributed by atoms with Gasteiger partial charge < -0.3 is 15.0 Å². The molecule has 1 aliphatic rings. The molecule has 0 amide bonds.